The molecule has 0 atom stereocenters. The fourth-order valence-electron chi connectivity index (χ4n) is 1.43. The Kier molecular flexibility index (Phi) is 6.99. The van der Waals surface area contributed by atoms with Gasteiger partial charge in [0.2, 0.25) is 0 Å². The lowest BCUT2D eigenvalue weighted by Crippen LogP contribution is -2.16. The number of ether oxygens (including phenoxy) is 2. The summed E-state index contributed by atoms with van der Waals surface area (Å²) >= 11 is 0. The van der Waals surface area contributed by atoms with Crippen LogP contribution in [0.4, 0.5) is 4.79 Å². The molecule has 3 nitrogen and oxygen atoms in total. The minimum Gasteiger partial charge on any atom is -0.437 e. The van der Waals surface area contributed by atoms with Gasteiger partial charge in [-0.05, 0) is 30.9 Å². The largest absolute Gasteiger partial charge is 0.513 e. The van der Waals surface area contributed by atoms with Crippen LogP contribution in [0.25, 0.3) is 0 Å². The van der Waals surface area contributed by atoms with Crippen LogP contribution < -0.4 is 0 Å². The van der Waals surface area contributed by atoms with Crippen molar-refractivity contribution >= 4 is 14.2 Å². The van der Waals surface area contributed by atoms with Crippen molar-refractivity contribution in [3.05, 3.63) is 23.1 Å². The normalized spacial score (nSPS) is 13.8. The van der Waals surface area contributed by atoms with Crippen LogP contribution in [0.1, 0.15) is 27.2 Å². The van der Waals surface area contributed by atoms with E-state index in [1.807, 2.05) is 13.0 Å². The number of allylic oxidation sites excluding steroid dienone is 2. The summed E-state index contributed by atoms with van der Waals surface area (Å²) in [5.74, 6) is 1.15. The summed E-state index contributed by atoms with van der Waals surface area (Å²) in [6.07, 6.45) is 2.16. The lowest BCUT2D eigenvalue weighted by Gasteiger charge is -2.13. The lowest BCUT2D eigenvalue weighted by molar-refractivity contribution is 0.0989. The monoisotopic (exact) mass is 270 g/mol. The molecule has 0 fully saturated rings. The first kappa shape index (κ1) is 17.0. The van der Waals surface area contributed by atoms with Gasteiger partial charge in [-0.15, -0.1) is 0 Å². The Balaban J connectivity index is 5.05. The third-order valence-corrected chi connectivity index (χ3v) is 3.40. The van der Waals surface area contributed by atoms with Gasteiger partial charge in [-0.25, -0.2) is 4.79 Å². The molecule has 0 unspecified atom stereocenters. The summed E-state index contributed by atoms with van der Waals surface area (Å²) in [6.45, 7) is 13.0. The van der Waals surface area contributed by atoms with Gasteiger partial charge in [0.1, 0.15) is 5.76 Å². The van der Waals surface area contributed by atoms with Crippen LogP contribution in [0.3, 0.4) is 0 Å². The van der Waals surface area contributed by atoms with Crippen LogP contribution >= 0.6 is 0 Å². The van der Waals surface area contributed by atoms with Gasteiger partial charge in [-0.2, -0.15) is 0 Å². The van der Waals surface area contributed by atoms with Gasteiger partial charge in [0.15, 0.2) is 0 Å². The molecule has 0 bridgehead atoms. The summed E-state index contributed by atoms with van der Waals surface area (Å²) in [7, 11) is 0.00553. The van der Waals surface area contributed by atoms with Crippen molar-refractivity contribution in [1.82, 2.24) is 0 Å². The zero-order chi connectivity index (χ0) is 14.3. The average molecular weight is 270 g/mol. The Morgan fingerprint density at radius 1 is 1.28 bits per heavy atom. The molecule has 0 radical (unpaired) electrons. The predicted octanol–water partition coefficient (Wildman–Crippen LogP) is 4.52. The van der Waals surface area contributed by atoms with Crippen molar-refractivity contribution in [1.29, 1.82) is 0 Å². The third-order valence-electron chi connectivity index (χ3n) is 2.23. The van der Waals surface area contributed by atoms with E-state index in [9.17, 15) is 4.79 Å². The predicted molar refractivity (Wildman–Crippen MR) is 78.1 cm³/mol. The highest BCUT2D eigenvalue weighted by Gasteiger charge is 2.12. The first-order chi connectivity index (χ1) is 8.15. The summed E-state index contributed by atoms with van der Waals surface area (Å²) in [6, 6.07) is 0. The molecule has 0 aliphatic carbocycles. The number of carbonyl (C=O) groups is 1. The minimum absolute atomic E-state index is 0.529. The van der Waals surface area contributed by atoms with Gasteiger partial charge in [0.05, 0.1) is 15.2 Å². The van der Waals surface area contributed by atoms with Crippen LogP contribution in [-0.4, -0.2) is 21.3 Å². The van der Waals surface area contributed by atoms with Crippen LogP contribution in [-0.2, 0) is 9.47 Å². The first-order valence-electron chi connectivity index (χ1n) is 6.30. The Labute approximate surface area is 112 Å². The molecule has 0 aliphatic heterocycles. The van der Waals surface area contributed by atoms with Gasteiger partial charge in [0, 0.05) is 0 Å². The Bertz CT molecular complexity index is 335. The molecule has 0 rings (SSSR count). The van der Waals surface area contributed by atoms with E-state index in [-0.39, 0.29) is 0 Å². The molecule has 0 aromatic carbocycles. The van der Waals surface area contributed by atoms with Crippen molar-refractivity contribution in [2.24, 2.45) is 5.92 Å². The fraction of sp³-hybridized carbons (Fsp3) is 0.643. The van der Waals surface area contributed by atoms with Crippen LogP contribution in [0.2, 0.25) is 19.6 Å². The maximum Gasteiger partial charge on any atom is 0.513 e. The smallest absolute Gasteiger partial charge is 0.437 e. The second kappa shape index (κ2) is 7.41. The van der Waals surface area contributed by atoms with E-state index >= 15 is 0 Å². The minimum atomic E-state index is -1.31. The number of methoxy groups -OCH3 is 1. The van der Waals surface area contributed by atoms with Crippen LogP contribution in [0.15, 0.2) is 23.1 Å². The number of hydrogen-bond acceptors (Lipinski definition) is 3. The molecule has 0 amide bonds. The number of rotatable bonds is 5. The Hall–Kier alpha value is -1.03. The van der Waals surface area contributed by atoms with E-state index in [1.165, 1.54) is 7.11 Å². The van der Waals surface area contributed by atoms with Crippen molar-refractivity contribution in [2.75, 3.05) is 7.11 Å². The van der Waals surface area contributed by atoms with Gasteiger partial charge in [-0.1, -0.05) is 39.2 Å². The van der Waals surface area contributed by atoms with E-state index in [0.29, 0.717) is 11.7 Å². The van der Waals surface area contributed by atoms with Gasteiger partial charge in [-0.3, -0.25) is 0 Å². The molecule has 0 spiro atoms. The van der Waals surface area contributed by atoms with E-state index in [1.54, 1.807) is 0 Å². The highest BCUT2D eigenvalue weighted by molar-refractivity contribution is 6.81. The second-order valence-electron chi connectivity index (χ2n) is 6.00. The van der Waals surface area contributed by atoms with E-state index < -0.39 is 14.2 Å². The molecule has 0 saturated carbocycles. The zero-order valence-electron chi connectivity index (χ0n) is 12.7. The first-order valence-corrected chi connectivity index (χ1v) is 9.88. The highest BCUT2D eigenvalue weighted by Crippen LogP contribution is 2.18. The standard InChI is InChI=1S/C14H26O3Si/c1-11(2)10-12(3)13(17-14(15)16-4)8-9-18(5,6)7/h8-9,11H,10H2,1-7H3/b9-8-,13-12+. The van der Waals surface area contributed by atoms with Crippen molar-refractivity contribution in [2.45, 2.75) is 46.8 Å². The molecule has 0 aromatic rings. The summed E-state index contributed by atoms with van der Waals surface area (Å²) in [5, 5.41) is 0. The van der Waals surface area contributed by atoms with E-state index in [4.69, 9.17) is 4.74 Å². The molecule has 104 valence electrons. The molecule has 0 aromatic heterocycles. The maximum atomic E-state index is 11.2. The zero-order valence-corrected chi connectivity index (χ0v) is 13.7. The van der Waals surface area contributed by atoms with Gasteiger partial charge >= 0.3 is 6.16 Å². The van der Waals surface area contributed by atoms with Crippen molar-refractivity contribution < 1.29 is 14.3 Å². The Morgan fingerprint density at radius 3 is 2.22 bits per heavy atom. The van der Waals surface area contributed by atoms with E-state index in [0.717, 1.165) is 12.0 Å². The number of carbonyl (C=O) groups excluding carboxylic acids is 1. The SMILES string of the molecule is COC(=O)OC(/C=C\[Si](C)(C)C)=C(\C)CC(C)C. The molecular formula is C14H26O3Si. The van der Waals surface area contributed by atoms with Crippen molar-refractivity contribution in [3.63, 3.8) is 0 Å². The van der Waals surface area contributed by atoms with Crippen LogP contribution in [0, 0.1) is 5.92 Å². The average Bonchev–Trinajstić information content (AvgIpc) is 2.21. The molecular weight excluding hydrogens is 244 g/mol. The van der Waals surface area contributed by atoms with Gasteiger partial charge < -0.3 is 9.47 Å². The molecule has 0 N–H and O–H groups in total. The maximum absolute atomic E-state index is 11.2. The molecule has 0 aliphatic rings. The molecule has 0 heterocycles. The summed E-state index contributed by atoms with van der Waals surface area (Å²) in [4.78, 5) is 11.2. The topological polar surface area (TPSA) is 35.5 Å². The lowest BCUT2D eigenvalue weighted by atomic mass is 10.0. The highest BCUT2D eigenvalue weighted by atomic mass is 28.3. The molecule has 0 saturated heterocycles. The molecule has 18 heavy (non-hydrogen) atoms. The number of hydrogen-bond donors (Lipinski definition) is 0. The van der Waals surface area contributed by atoms with Crippen molar-refractivity contribution in [3.8, 4) is 0 Å². The quantitative estimate of drug-likeness (QED) is 0.319. The van der Waals surface area contributed by atoms with Crippen LogP contribution in [0.5, 0.6) is 0 Å². The second-order valence-corrected chi connectivity index (χ2v) is 11.1. The summed E-state index contributed by atoms with van der Waals surface area (Å²) in [5.41, 5.74) is 3.24. The summed E-state index contributed by atoms with van der Waals surface area (Å²) < 4.78 is 9.76. The fourth-order valence-corrected chi connectivity index (χ4v) is 2.08. The van der Waals surface area contributed by atoms with E-state index in [2.05, 4.69) is 43.9 Å². The molecule has 4 heteroatoms. The Morgan fingerprint density at radius 2 is 1.83 bits per heavy atom. The third kappa shape index (κ3) is 8.12. The van der Waals surface area contributed by atoms with Gasteiger partial charge in [0.25, 0.3) is 0 Å².